The van der Waals surface area contributed by atoms with Gasteiger partial charge >= 0.3 is 29.6 Å². The van der Waals surface area contributed by atoms with Gasteiger partial charge in [-0.2, -0.15) is 0 Å². The van der Waals surface area contributed by atoms with Crippen LogP contribution in [0.2, 0.25) is 0 Å². The molecule has 0 aromatic heterocycles. The topological polar surface area (TPSA) is 94.7 Å². The van der Waals surface area contributed by atoms with Crippen LogP contribution in [0.4, 0.5) is 0 Å². The van der Waals surface area contributed by atoms with Crippen molar-refractivity contribution in [2.45, 2.75) is 4.90 Å². The van der Waals surface area contributed by atoms with Crippen LogP contribution in [0.5, 0.6) is 0 Å². The van der Waals surface area contributed by atoms with Gasteiger partial charge in [-0.05, 0) is 12.1 Å². The Balaban J connectivity index is -0.000000422. The number of rotatable bonds is 0. The van der Waals surface area contributed by atoms with E-state index >= 15 is 0 Å². The summed E-state index contributed by atoms with van der Waals surface area (Å²) < 4.78 is 24.2. The van der Waals surface area contributed by atoms with E-state index in [9.17, 15) is 13.2 Å². The quantitative estimate of drug-likeness (QED) is 0.477. The average Bonchev–Trinajstić information content (AvgIpc) is 2.25. The van der Waals surface area contributed by atoms with Crippen LogP contribution in [0.1, 0.15) is 11.8 Å². The van der Waals surface area contributed by atoms with Gasteiger partial charge in [-0.15, -0.1) is 0 Å². The summed E-state index contributed by atoms with van der Waals surface area (Å²) in [5.41, 5.74) is 0.220. The summed E-state index contributed by atoms with van der Waals surface area (Å²) in [5.74, 6) is -0.550. The van der Waals surface area contributed by atoms with Gasteiger partial charge in [0.05, 0.1) is 5.56 Å². The van der Waals surface area contributed by atoms with Gasteiger partial charge < -0.3 is 6.90 Å². The maximum Gasteiger partial charge on any atom is 1.00 e. The molecule has 1 heterocycles. The zero-order valence-electron chi connectivity index (χ0n) is 9.02. The normalized spacial score (nSPS) is 14.8. The fraction of sp³-hybridized carbons (Fsp3) is 0. The summed E-state index contributed by atoms with van der Waals surface area (Å²) in [6.45, 7) is 0. The molecule has 0 fully saturated rings. The van der Waals surface area contributed by atoms with E-state index in [1.54, 1.807) is 12.1 Å². The van der Waals surface area contributed by atoms with Crippen molar-refractivity contribution in [1.29, 1.82) is 0 Å². The Kier molecular flexibility index (Phi) is 7.03. The molecule has 8 heteroatoms. The minimum absolute atomic E-state index is 0. The first-order valence-electron chi connectivity index (χ1n) is 3.27. The Labute approximate surface area is 122 Å². The number of hydrogen-bond acceptors (Lipinski definition) is 3. The molecule has 0 bridgehead atoms. The molecule has 0 spiro atoms. The molecule has 0 atom stereocenters. The smallest absolute Gasteiger partial charge is 1.00 e. The predicted octanol–water partition coefficient (Wildman–Crippen LogP) is -3.97. The van der Waals surface area contributed by atoms with E-state index in [4.69, 9.17) is 0 Å². The number of fused-ring (bicyclic) bond motifs is 1. The van der Waals surface area contributed by atoms with Crippen LogP contribution in [-0.4, -0.2) is 37.2 Å². The van der Waals surface area contributed by atoms with E-state index in [1.165, 1.54) is 12.1 Å². The van der Waals surface area contributed by atoms with Gasteiger partial charge in [-0.3, -0.25) is 4.79 Å². The van der Waals surface area contributed by atoms with E-state index in [2.05, 4.69) is 0 Å². The summed E-state index contributed by atoms with van der Waals surface area (Å²) in [5, 5.41) is 0. The van der Waals surface area contributed by atoms with Crippen molar-refractivity contribution in [3.63, 3.8) is 0 Å². The van der Waals surface area contributed by atoms with Crippen LogP contribution >= 0.6 is 0 Å². The minimum atomic E-state index is -3.55. The summed E-state index contributed by atoms with van der Waals surface area (Å²) in [6.07, 6.45) is 0. The van der Waals surface area contributed by atoms with E-state index in [-0.39, 0.29) is 64.3 Å². The largest absolute Gasteiger partial charge is 1.00 e. The van der Waals surface area contributed by atoms with Gasteiger partial charge in [0.15, 0.2) is 0 Å². The number of hydrogen-bond donors (Lipinski definition) is 1. The molecule has 1 aliphatic heterocycles. The third kappa shape index (κ3) is 3.05. The standard InChI is InChI=1S/C7H5NO3S.Al.Na.H2O.H/c9-7-5-3-1-2-4-6(5)12(10,11)8-7;;;;/h1-4H,(H,8,9);;;1H2;/q;;+1;;-1. The third-order valence-electron chi connectivity index (χ3n) is 1.65. The molecule has 3 radical (unpaired) electrons. The van der Waals surface area contributed by atoms with Gasteiger partial charge in [0.1, 0.15) is 4.90 Å². The van der Waals surface area contributed by atoms with Crippen molar-refractivity contribution in [1.82, 2.24) is 4.72 Å². The van der Waals surface area contributed by atoms with E-state index in [0.29, 0.717) is 0 Å². The number of amides is 1. The molecule has 75 valence electrons. The van der Waals surface area contributed by atoms with Crippen molar-refractivity contribution in [3.05, 3.63) is 29.8 Å². The van der Waals surface area contributed by atoms with Crippen molar-refractivity contribution in [2.75, 3.05) is 0 Å². The second-order valence-corrected chi connectivity index (χ2v) is 4.08. The Morgan fingerprint density at radius 3 is 2.27 bits per heavy atom. The molecule has 2 rings (SSSR count). The van der Waals surface area contributed by atoms with Crippen LogP contribution in [0.25, 0.3) is 0 Å². The second-order valence-electron chi connectivity index (χ2n) is 2.43. The number of carbonyl (C=O) groups excluding carboxylic acids is 1. The Morgan fingerprint density at radius 1 is 1.20 bits per heavy atom. The Hall–Kier alpha value is 0.132. The van der Waals surface area contributed by atoms with Crippen LogP contribution in [0.15, 0.2) is 29.2 Å². The summed E-state index contributed by atoms with van der Waals surface area (Å²) >= 11 is 0. The first-order chi connectivity index (χ1) is 5.61. The van der Waals surface area contributed by atoms with Crippen molar-refractivity contribution >= 4 is 33.3 Å². The fourth-order valence-electron chi connectivity index (χ4n) is 1.12. The molecule has 0 unspecified atom stereocenters. The molecule has 1 aromatic rings. The zero-order chi connectivity index (χ0) is 8.77. The zero-order valence-corrected chi connectivity index (χ0v) is 12.0. The third-order valence-corrected chi connectivity index (χ3v) is 3.04. The molecule has 5 nitrogen and oxygen atoms in total. The van der Waals surface area contributed by atoms with Crippen molar-refractivity contribution in [3.8, 4) is 0 Å². The van der Waals surface area contributed by atoms with Crippen molar-refractivity contribution < 1.29 is 49.7 Å². The van der Waals surface area contributed by atoms with Gasteiger partial charge in [0.2, 0.25) is 0 Å². The summed E-state index contributed by atoms with van der Waals surface area (Å²) in [7, 11) is -3.55. The molecule has 1 aromatic carbocycles. The second kappa shape index (κ2) is 6.01. The van der Waals surface area contributed by atoms with Gasteiger partial charge in [0, 0.05) is 17.4 Å². The van der Waals surface area contributed by atoms with Crippen LogP contribution in [0.3, 0.4) is 0 Å². The summed E-state index contributed by atoms with van der Waals surface area (Å²) in [6, 6.07) is 6.09. The van der Waals surface area contributed by atoms with Crippen LogP contribution in [0, 0.1) is 0 Å². The molecule has 0 saturated heterocycles. The number of benzene rings is 1. The molecular weight excluding hydrogens is 244 g/mol. The van der Waals surface area contributed by atoms with E-state index in [0.717, 1.165) is 0 Å². The Bertz CT molecular complexity index is 467. The molecule has 0 saturated carbocycles. The monoisotopic (exact) mass is 252 g/mol. The fourth-order valence-corrected chi connectivity index (χ4v) is 2.29. The average molecular weight is 252 g/mol. The number of carbonyl (C=O) groups is 1. The van der Waals surface area contributed by atoms with E-state index < -0.39 is 15.9 Å². The number of sulfonamides is 1. The Morgan fingerprint density at radius 2 is 1.73 bits per heavy atom. The predicted molar refractivity (Wildman–Crippen MR) is 51.6 cm³/mol. The molecule has 1 amide bonds. The molecule has 0 aliphatic carbocycles. The van der Waals surface area contributed by atoms with Gasteiger partial charge in [-0.25, -0.2) is 13.1 Å². The maximum atomic E-state index is 11.1. The van der Waals surface area contributed by atoms with Gasteiger partial charge in [0.25, 0.3) is 15.9 Å². The molecule has 1 aliphatic rings. The van der Waals surface area contributed by atoms with Gasteiger partial charge in [-0.1, -0.05) is 12.1 Å². The SMILES string of the molecule is O.O=C1NS(=O)(=O)c2ccccc21.[Al].[H-].[Na+]. The number of nitrogens with one attached hydrogen (secondary N) is 1. The maximum absolute atomic E-state index is 11.1. The minimum Gasteiger partial charge on any atom is -1.00 e. The van der Waals surface area contributed by atoms with E-state index in [1.807, 2.05) is 4.72 Å². The van der Waals surface area contributed by atoms with Crippen molar-refractivity contribution in [2.24, 2.45) is 0 Å². The van der Waals surface area contributed by atoms with Crippen LogP contribution in [-0.2, 0) is 10.0 Å². The summed E-state index contributed by atoms with van der Waals surface area (Å²) in [4.78, 5) is 11.1. The molecular formula is C7H8AlNNaO4S. The first-order valence-corrected chi connectivity index (χ1v) is 4.76. The first kappa shape index (κ1) is 17.5. The van der Waals surface area contributed by atoms with Crippen LogP contribution < -0.4 is 34.3 Å². The molecule has 15 heavy (non-hydrogen) atoms. The molecule has 3 N–H and O–H groups in total.